The third-order valence-electron chi connectivity index (χ3n) is 4.80. The van der Waals surface area contributed by atoms with Crippen LogP contribution in [0.3, 0.4) is 0 Å². The Labute approximate surface area is 147 Å². The van der Waals surface area contributed by atoms with Crippen LogP contribution < -0.4 is 5.32 Å². The van der Waals surface area contributed by atoms with Gasteiger partial charge in [0.25, 0.3) is 0 Å². The second kappa shape index (κ2) is 7.19. The van der Waals surface area contributed by atoms with Gasteiger partial charge in [0.05, 0.1) is 6.54 Å². The van der Waals surface area contributed by atoms with Gasteiger partial charge < -0.3 is 14.4 Å². The summed E-state index contributed by atoms with van der Waals surface area (Å²) in [7, 11) is 0. The van der Waals surface area contributed by atoms with E-state index in [1.165, 1.54) is 0 Å². The van der Waals surface area contributed by atoms with Crippen molar-refractivity contribution in [3.8, 4) is 11.3 Å². The minimum atomic E-state index is 0.602. The molecule has 0 spiro atoms. The summed E-state index contributed by atoms with van der Waals surface area (Å²) in [5.41, 5.74) is 1.97. The van der Waals surface area contributed by atoms with E-state index in [0.717, 1.165) is 61.0 Å². The van der Waals surface area contributed by atoms with E-state index in [9.17, 15) is 0 Å². The summed E-state index contributed by atoms with van der Waals surface area (Å²) < 4.78 is 7.74. The SMILES string of the molecule is CCc1nnc2n1C[C@@H](CNCc1cc(-c3ccccc3)no1)CC2. The lowest BCUT2D eigenvalue weighted by Crippen LogP contribution is -2.30. The van der Waals surface area contributed by atoms with Crippen LogP contribution in [-0.4, -0.2) is 26.5 Å². The topological polar surface area (TPSA) is 68.8 Å². The highest BCUT2D eigenvalue weighted by Gasteiger charge is 2.22. The van der Waals surface area contributed by atoms with E-state index in [1.54, 1.807) is 0 Å². The van der Waals surface area contributed by atoms with Crippen molar-refractivity contribution in [2.24, 2.45) is 5.92 Å². The lowest BCUT2D eigenvalue weighted by atomic mass is 9.99. The lowest BCUT2D eigenvalue weighted by molar-refractivity contribution is 0.327. The van der Waals surface area contributed by atoms with Gasteiger partial charge in [-0.1, -0.05) is 42.4 Å². The summed E-state index contributed by atoms with van der Waals surface area (Å²) in [6.45, 7) is 4.80. The van der Waals surface area contributed by atoms with E-state index >= 15 is 0 Å². The highest BCUT2D eigenvalue weighted by atomic mass is 16.5. The van der Waals surface area contributed by atoms with Crippen LogP contribution in [0.5, 0.6) is 0 Å². The maximum Gasteiger partial charge on any atom is 0.151 e. The number of aryl methyl sites for hydroxylation is 2. The van der Waals surface area contributed by atoms with Crippen molar-refractivity contribution in [3.05, 3.63) is 53.8 Å². The first-order valence-electron chi connectivity index (χ1n) is 8.96. The van der Waals surface area contributed by atoms with E-state index in [2.05, 4.69) is 32.2 Å². The fraction of sp³-hybridized carbons (Fsp3) is 0.421. The van der Waals surface area contributed by atoms with Crippen molar-refractivity contribution < 1.29 is 4.52 Å². The van der Waals surface area contributed by atoms with Crippen molar-refractivity contribution in [2.45, 2.75) is 39.3 Å². The average Bonchev–Trinajstić information content (AvgIpc) is 3.29. The maximum absolute atomic E-state index is 5.45. The number of fused-ring (bicyclic) bond motifs is 1. The summed E-state index contributed by atoms with van der Waals surface area (Å²) >= 11 is 0. The van der Waals surface area contributed by atoms with Gasteiger partial charge in [-0.2, -0.15) is 0 Å². The molecular formula is C19H23N5O. The van der Waals surface area contributed by atoms with Crippen LogP contribution >= 0.6 is 0 Å². The van der Waals surface area contributed by atoms with Crippen molar-refractivity contribution in [2.75, 3.05) is 6.54 Å². The second-order valence-electron chi connectivity index (χ2n) is 6.58. The standard InChI is InChI=1S/C19H23N5O/c1-2-18-21-22-19-9-8-14(13-24(18)19)11-20-12-16-10-17(23-25-16)15-6-4-3-5-7-15/h3-7,10,14,20H,2,8-9,11-13H2,1H3/t14-/m1/s1. The van der Waals surface area contributed by atoms with E-state index in [-0.39, 0.29) is 0 Å². The molecule has 0 saturated carbocycles. The quantitative estimate of drug-likeness (QED) is 0.749. The number of hydrogen-bond acceptors (Lipinski definition) is 5. The number of hydrogen-bond donors (Lipinski definition) is 1. The van der Waals surface area contributed by atoms with Crippen molar-refractivity contribution >= 4 is 0 Å². The summed E-state index contributed by atoms with van der Waals surface area (Å²) in [6.07, 6.45) is 3.10. The lowest BCUT2D eigenvalue weighted by Gasteiger charge is -2.24. The van der Waals surface area contributed by atoms with E-state index < -0.39 is 0 Å². The molecule has 0 saturated heterocycles. The van der Waals surface area contributed by atoms with Crippen molar-refractivity contribution in [1.82, 2.24) is 25.2 Å². The molecule has 0 amide bonds. The van der Waals surface area contributed by atoms with E-state index in [1.807, 2.05) is 36.4 Å². The molecule has 3 heterocycles. The van der Waals surface area contributed by atoms with Gasteiger partial charge in [-0.25, -0.2) is 0 Å². The average molecular weight is 337 g/mol. The van der Waals surface area contributed by atoms with Crippen molar-refractivity contribution in [1.29, 1.82) is 0 Å². The zero-order chi connectivity index (χ0) is 17.1. The molecule has 6 nitrogen and oxygen atoms in total. The fourth-order valence-corrected chi connectivity index (χ4v) is 3.42. The molecule has 1 aliphatic heterocycles. The Morgan fingerprint density at radius 3 is 2.96 bits per heavy atom. The first-order chi connectivity index (χ1) is 12.3. The van der Waals surface area contributed by atoms with Gasteiger partial charge in [0, 0.05) is 37.6 Å². The highest BCUT2D eigenvalue weighted by molar-refractivity contribution is 5.58. The summed E-state index contributed by atoms with van der Waals surface area (Å²) in [5.74, 6) is 3.71. The van der Waals surface area contributed by atoms with Gasteiger partial charge >= 0.3 is 0 Å². The molecule has 0 aliphatic carbocycles. The molecule has 25 heavy (non-hydrogen) atoms. The molecule has 1 aliphatic rings. The zero-order valence-corrected chi connectivity index (χ0v) is 14.5. The second-order valence-corrected chi connectivity index (χ2v) is 6.58. The molecular weight excluding hydrogens is 314 g/mol. The minimum absolute atomic E-state index is 0.602. The minimum Gasteiger partial charge on any atom is -0.359 e. The van der Waals surface area contributed by atoms with Crippen LogP contribution in [0.2, 0.25) is 0 Å². The zero-order valence-electron chi connectivity index (χ0n) is 14.5. The highest BCUT2D eigenvalue weighted by Crippen LogP contribution is 2.21. The van der Waals surface area contributed by atoms with Crippen LogP contribution in [0.1, 0.15) is 30.8 Å². The molecule has 3 aromatic rings. The van der Waals surface area contributed by atoms with Gasteiger partial charge in [-0.3, -0.25) is 0 Å². The molecule has 1 N–H and O–H groups in total. The van der Waals surface area contributed by atoms with Gasteiger partial charge in [0.15, 0.2) is 5.76 Å². The fourth-order valence-electron chi connectivity index (χ4n) is 3.42. The molecule has 1 aromatic carbocycles. The molecule has 0 unspecified atom stereocenters. The summed E-state index contributed by atoms with van der Waals surface area (Å²) in [5, 5.41) is 16.2. The molecule has 0 fully saturated rings. The van der Waals surface area contributed by atoms with E-state index in [4.69, 9.17) is 4.52 Å². The third-order valence-corrected chi connectivity index (χ3v) is 4.80. The van der Waals surface area contributed by atoms with Crippen LogP contribution in [0.4, 0.5) is 0 Å². The Morgan fingerprint density at radius 1 is 1.24 bits per heavy atom. The smallest absolute Gasteiger partial charge is 0.151 e. The summed E-state index contributed by atoms with van der Waals surface area (Å²) in [6, 6.07) is 12.1. The Hall–Kier alpha value is -2.47. The first-order valence-corrected chi connectivity index (χ1v) is 8.96. The number of nitrogens with one attached hydrogen (secondary N) is 1. The number of rotatable bonds is 6. The maximum atomic E-state index is 5.45. The van der Waals surface area contributed by atoms with Gasteiger partial charge in [-0.05, 0) is 12.3 Å². The summed E-state index contributed by atoms with van der Waals surface area (Å²) in [4.78, 5) is 0. The molecule has 4 rings (SSSR count). The molecule has 0 radical (unpaired) electrons. The third kappa shape index (κ3) is 3.49. The Morgan fingerprint density at radius 2 is 2.12 bits per heavy atom. The van der Waals surface area contributed by atoms with Gasteiger partial charge in [-0.15, -0.1) is 10.2 Å². The number of benzene rings is 1. The van der Waals surface area contributed by atoms with Gasteiger partial charge in [0.1, 0.15) is 17.3 Å². The number of aromatic nitrogens is 4. The van der Waals surface area contributed by atoms with Crippen LogP contribution in [0.15, 0.2) is 40.9 Å². The predicted molar refractivity (Wildman–Crippen MR) is 94.9 cm³/mol. The molecule has 130 valence electrons. The Balaban J connectivity index is 1.31. The molecule has 0 bridgehead atoms. The van der Waals surface area contributed by atoms with Crippen LogP contribution in [-0.2, 0) is 25.9 Å². The molecule has 2 aromatic heterocycles. The molecule has 1 atom stereocenters. The Kier molecular flexibility index (Phi) is 4.61. The Bertz CT molecular complexity index is 810. The van der Waals surface area contributed by atoms with E-state index in [0.29, 0.717) is 12.5 Å². The van der Waals surface area contributed by atoms with Crippen LogP contribution in [0.25, 0.3) is 11.3 Å². The first kappa shape index (κ1) is 16.0. The van der Waals surface area contributed by atoms with Gasteiger partial charge in [0.2, 0.25) is 0 Å². The predicted octanol–water partition coefficient (Wildman–Crippen LogP) is 2.85. The number of nitrogens with zero attached hydrogens (tertiary/aromatic N) is 4. The van der Waals surface area contributed by atoms with Crippen molar-refractivity contribution in [3.63, 3.8) is 0 Å². The molecule has 6 heteroatoms. The van der Waals surface area contributed by atoms with Crippen LogP contribution in [0, 0.1) is 5.92 Å². The monoisotopic (exact) mass is 337 g/mol. The largest absolute Gasteiger partial charge is 0.359 e. The normalized spacial score (nSPS) is 16.8.